The Bertz CT molecular complexity index is 586. The van der Waals surface area contributed by atoms with Crippen molar-refractivity contribution in [2.45, 2.75) is 65.3 Å². The lowest BCUT2D eigenvalue weighted by molar-refractivity contribution is -0.153. The molecule has 3 fully saturated rings. The maximum absolute atomic E-state index is 12.3. The van der Waals surface area contributed by atoms with Crippen LogP contribution in [-0.2, 0) is 14.3 Å². The van der Waals surface area contributed by atoms with Gasteiger partial charge < -0.3 is 10.5 Å². The van der Waals surface area contributed by atoms with Crippen molar-refractivity contribution in [1.29, 1.82) is 0 Å². The van der Waals surface area contributed by atoms with Crippen molar-refractivity contribution in [3.05, 3.63) is 12.2 Å². The number of allylic oxidation sites excluding steroid dienone is 1. The average Bonchev–Trinajstić information content (AvgIpc) is 2.93. The highest BCUT2D eigenvalue weighted by atomic mass is 16.5. The van der Waals surface area contributed by atoms with E-state index in [9.17, 15) is 9.59 Å². The maximum atomic E-state index is 12.3. The lowest BCUT2D eigenvalue weighted by Gasteiger charge is -2.57. The third-order valence-corrected chi connectivity index (χ3v) is 8.01. The van der Waals surface area contributed by atoms with Crippen LogP contribution in [0.4, 0.5) is 0 Å². The smallest absolute Gasteiger partial charge is 0.309 e. The van der Waals surface area contributed by atoms with E-state index in [4.69, 9.17) is 10.5 Å². The summed E-state index contributed by atoms with van der Waals surface area (Å²) < 4.78 is 5.10. The number of hydrogen-bond acceptors (Lipinski definition) is 4. The van der Waals surface area contributed by atoms with Gasteiger partial charge in [0.2, 0.25) is 0 Å². The van der Waals surface area contributed by atoms with Crippen LogP contribution in [0.15, 0.2) is 12.2 Å². The molecule has 3 rings (SSSR count). The van der Waals surface area contributed by atoms with E-state index >= 15 is 0 Å². The van der Waals surface area contributed by atoms with Crippen LogP contribution in [0.5, 0.6) is 0 Å². The van der Waals surface area contributed by atoms with Crippen molar-refractivity contribution >= 4 is 11.8 Å². The van der Waals surface area contributed by atoms with Crippen LogP contribution in [0.25, 0.3) is 0 Å². The average molecular weight is 347 g/mol. The molecule has 4 nitrogen and oxygen atoms in total. The fourth-order valence-corrected chi connectivity index (χ4v) is 6.49. The summed E-state index contributed by atoms with van der Waals surface area (Å²) in [5.74, 6) is 1.75. The molecule has 0 aromatic heterocycles. The first-order valence-electron chi connectivity index (χ1n) is 9.77. The van der Waals surface area contributed by atoms with Crippen LogP contribution < -0.4 is 5.73 Å². The van der Waals surface area contributed by atoms with Gasteiger partial charge in [-0.05, 0) is 74.7 Å². The SMILES string of the molecule is COC(=O)[C@H]1CCC2[C@@H]3CC[C@@H](N)[C@](C)(/C=C\C(C)=O)C3CC[C@@]21C. The standard InChI is InChI=1S/C21H33NO3/c1-13(23)9-11-21(3)16-10-12-20(2)15(14(16)5-8-18(21)22)6-7-17(20)19(24)25-4/h9,11,14-18H,5-8,10,12,22H2,1-4H3/b11-9-/t14-,15?,16?,17+,18+,20-,21+/m0/s1. The quantitative estimate of drug-likeness (QED) is 0.627. The van der Waals surface area contributed by atoms with Crippen molar-refractivity contribution in [1.82, 2.24) is 0 Å². The molecule has 3 aliphatic rings. The Hall–Kier alpha value is -1.16. The minimum Gasteiger partial charge on any atom is -0.469 e. The van der Waals surface area contributed by atoms with E-state index in [1.165, 1.54) is 7.11 Å². The maximum Gasteiger partial charge on any atom is 0.309 e. The van der Waals surface area contributed by atoms with Crippen molar-refractivity contribution in [2.75, 3.05) is 7.11 Å². The Morgan fingerprint density at radius 2 is 1.80 bits per heavy atom. The molecule has 3 aliphatic carbocycles. The van der Waals surface area contributed by atoms with Crippen molar-refractivity contribution in [3.63, 3.8) is 0 Å². The Morgan fingerprint density at radius 3 is 2.44 bits per heavy atom. The van der Waals surface area contributed by atoms with Crippen LogP contribution >= 0.6 is 0 Å². The first-order chi connectivity index (χ1) is 11.7. The molecule has 4 heteroatoms. The summed E-state index contributed by atoms with van der Waals surface area (Å²) in [4.78, 5) is 23.8. The molecule has 0 bridgehead atoms. The largest absolute Gasteiger partial charge is 0.469 e. The molecule has 0 spiro atoms. The summed E-state index contributed by atoms with van der Waals surface area (Å²) in [5.41, 5.74) is 6.47. The van der Waals surface area contributed by atoms with Crippen LogP contribution in [0.1, 0.15) is 59.3 Å². The van der Waals surface area contributed by atoms with Crippen LogP contribution in [-0.4, -0.2) is 24.9 Å². The molecule has 0 amide bonds. The van der Waals surface area contributed by atoms with Gasteiger partial charge in [0.1, 0.15) is 0 Å². The molecular weight excluding hydrogens is 314 g/mol. The number of ether oxygens (including phenoxy) is 1. The van der Waals surface area contributed by atoms with Crippen LogP contribution in [0.2, 0.25) is 0 Å². The third kappa shape index (κ3) is 2.87. The fourth-order valence-electron chi connectivity index (χ4n) is 6.49. The van der Waals surface area contributed by atoms with Crippen molar-refractivity contribution < 1.29 is 14.3 Å². The number of ketones is 1. The number of methoxy groups -OCH3 is 1. The highest BCUT2D eigenvalue weighted by Crippen LogP contribution is 2.64. The molecule has 2 unspecified atom stereocenters. The molecule has 2 N–H and O–H groups in total. The second kappa shape index (κ2) is 6.53. The van der Waals surface area contributed by atoms with Crippen LogP contribution in [0.3, 0.4) is 0 Å². The Morgan fingerprint density at radius 1 is 1.08 bits per heavy atom. The zero-order chi connectivity index (χ0) is 18.4. The normalized spacial score (nSPS) is 46.5. The lowest BCUT2D eigenvalue weighted by Crippen LogP contribution is -2.56. The van der Waals surface area contributed by atoms with E-state index < -0.39 is 0 Å². The second-order valence-electron chi connectivity index (χ2n) is 9.07. The molecule has 0 aromatic carbocycles. The molecular formula is C21H33NO3. The zero-order valence-corrected chi connectivity index (χ0v) is 16.1. The zero-order valence-electron chi connectivity index (χ0n) is 16.1. The summed E-state index contributed by atoms with van der Waals surface area (Å²) in [6, 6.07) is 0.103. The molecule has 140 valence electrons. The summed E-state index contributed by atoms with van der Waals surface area (Å²) in [6.45, 7) is 6.14. The Balaban J connectivity index is 1.90. The van der Waals surface area contributed by atoms with Gasteiger partial charge in [0.05, 0.1) is 13.0 Å². The highest BCUT2D eigenvalue weighted by molar-refractivity contribution is 5.87. The van der Waals surface area contributed by atoms with E-state index in [0.717, 1.165) is 38.5 Å². The molecule has 0 aromatic rings. The monoisotopic (exact) mass is 347 g/mol. The van der Waals surface area contributed by atoms with Gasteiger partial charge >= 0.3 is 5.97 Å². The van der Waals surface area contributed by atoms with E-state index in [2.05, 4.69) is 19.9 Å². The van der Waals surface area contributed by atoms with Gasteiger partial charge in [0.15, 0.2) is 5.78 Å². The van der Waals surface area contributed by atoms with Crippen LogP contribution in [0, 0.1) is 34.5 Å². The van der Waals surface area contributed by atoms with Gasteiger partial charge in [-0.1, -0.05) is 19.9 Å². The molecule has 0 saturated heterocycles. The number of rotatable bonds is 3. The van der Waals surface area contributed by atoms with Crippen molar-refractivity contribution in [2.24, 2.45) is 40.2 Å². The van der Waals surface area contributed by atoms with Gasteiger partial charge in [-0.2, -0.15) is 0 Å². The predicted octanol–water partition coefficient (Wildman–Crippen LogP) is 3.49. The molecule has 7 atom stereocenters. The molecule has 3 saturated carbocycles. The molecule has 0 radical (unpaired) electrons. The van der Waals surface area contributed by atoms with Gasteiger partial charge in [-0.3, -0.25) is 9.59 Å². The Labute approximate surface area is 151 Å². The topological polar surface area (TPSA) is 69.4 Å². The van der Waals surface area contributed by atoms with Gasteiger partial charge in [0.25, 0.3) is 0 Å². The molecule has 25 heavy (non-hydrogen) atoms. The number of fused-ring (bicyclic) bond motifs is 3. The Kier molecular flexibility index (Phi) is 4.87. The number of carbonyl (C=O) groups is 2. The predicted molar refractivity (Wildman–Crippen MR) is 97.7 cm³/mol. The molecule has 0 heterocycles. The first-order valence-corrected chi connectivity index (χ1v) is 9.77. The minimum atomic E-state index is -0.126. The van der Waals surface area contributed by atoms with E-state index in [-0.39, 0.29) is 34.5 Å². The summed E-state index contributed by atoms with van der Waals surface area (Å²) in [7, 11) is 1.51. The number of carbonyl (C=O) groups excluding carboxylic acids is 2. The van der Waals surface area contributed by atoms with Crippen molar-refractivity contribution in [3.8, 4) is 0 Å². The minimum absolute atomic E-state index is 0.0322. The van der Waals surface area contributed by atoms with Gasteiger partial charge in [0, 0.05) is 11.5 Å². The fraction of sp³-hybridized carbons (Fsp3) is 0.810. The number of nitrogens with two attached hydrogens (primary N) is 1. The van der Waals surface area contributed by atoms with E-state index in [0.29, 0.717) is 17.8 Å². The summed E-state index contributed by atoms with van der Waals surface area (Å²) >= 11 is 0. The van der Waals surface area contributed by atoms with Gasteiger partial charge in [-0.15, -0.1) is 0 Å². The lowest BCUT2D eigenvalue weighted by atomic mass is 9.48. The second-order valence-corrected chi connectivity index (χ2v) is 9.07. The molecule has 0 aliphatic heterocycles. The van der Waals surface area contributed by atoms with Gasteiger partial charge in [-0.25, -0.2) is 0 Å². The summed E-state index contributed by atoms with van der Waals surface area (Å²) in [6.07, 6.45) is 10.1. The third-order valence-electron chi connectivity index (χ3n) is 8.01. The number of hydrogen-bond donors (Lipinski definition) is 1. The van der Waals surface area contributed by atoms with E-state index in [1.807, 2.05) is 0 Å². The number of esters is 1. The highest BCUT2D eigenvalue weighted by Gasteiger charge is 2.60. The summed E-state index contributed by atoms with van der Waals surface area (Å²) in [5, 5.41) is 0. The first kappa shape index (κ1) is 18.6. The van der Waals surface area contributed by atoms with E-state index in [1.54, 1.807) is 13.0 Å².